The topological polar surface area (TPSA) is 38.5 Å². The van der Waals surface area contributed by atoms with E-state index in [1.54, 1.807) is 7.11 Å². The van der Waals surface area contributed by atoms with Gasteiger partial charge in [-0.15, -0.1) is 0 Å². The second-order valence-electron chi connectivity index (χ2n) is 3.79. The molecule has 2 rings (SSSR count). The van der Waals surface area contributed by atoms with Gasteiger partial charge in [0, 0.05) is 23.2 Å². The summed E-state index contributed by atoms with van der Waals surface area (Å²) in [6.07, 6.45) is 3.20. The van der Waals surface area contributed by atoms with Crippen LogP contribution in [0.5, 0.6) is 0 Å². The molecule has 0 unspecified atom stereocenters. The summed E-state index contributed by atoms with van der Waals surface area (Å²) in [6, 6.07) is 6.07. The molecule has 16 heavy (non-hydrogen) atoms. The second kappa shape index (κ2) is 4.99. The molecule has 0 radical (unpaired) electrons. The lowest BCUT2D eigenvalue weighted by atomic mass is 10.00. The van der Waals surface area contributed by atoms with Crippen LogP contribution in [-0.2, 0) is 4.84 Å². The molecule has 0 spiro atoms. The molecule has 2 N–H and O–H groups in total. The lowest BCUT2D eigenvalue weighted by molar-refractivity contribution is -0.122. The Kier molecular flexibility index (Phi) is 3.63. The van der Waals surface area contributed by atoms with Crippen LogP contribution in [0.1, 0.15) is 12.0 Å². The third-order valence-corrected chi connectivity index (χ3v) is 3.49. The zero-order valence-electron chi connectivity index (χ0n) is 9.24. The number of nitrogen functional groups attached to an aromatic ring is 1. The Morgan fingerprint density at radius 2 is 2.25 bits per heavy atom. The Labute approximate surface area is 104 Å². The molecule has 4 heteroatoms. The smallest absolute Gasteiger partial charge is 0.0575 e. The lowest BCUT2D eigenvalue weighted by Gasteiger charge is -2.24. The van der Waals surface area contributed by atoms with Gasteiger partial charge in [-0.05, 0) is 45.6 Å². The predicted molar refractivity (Wildman–Crippen MR) is 69.7 cm³/mol. The minimum absolute atomic E-state index is 0.777. The molecule has 0 aliphatic carbocycles. The highest BCUT2D eigenvalue weighted by atomic mass is 79.9. The Balaban J connectivity index is 2.19. The highest BCUT2D eigenvalue weighted by Gasteiger charge is 2.12. The molecule has 0 fully saturated rings. The molecular formula is C12H15BrN2O. The summed E-state index contributed by atoms with van der Waals surface area (Å²) < 4.78 is 0.958. The maximum atomic E-state index is 5.77. The maximum absolute atomic E-state index is 5.77. The van der Waals surface area contributed by atoms with Crippen molar-refractivity contribution in [1.29, 1.82) is 0 Å². The van der Waals surface area contributed by atoms with E-state index < -0.39 is 0 Å². The van der Waals surface area contributed by atoms with Gasteiger partial charge in [-0.25, -0.2) is 0 Å². The number of hydroxylamine groups is 2. The number of hydrogen-bond donors (Lipinski definition) is 1. The van der Waals surface area contributed by atoms with Crippen LogP contribution in [0.15, 0.2) is 28.7 Å². The minimum atomic E-state index is 0.777. The van der Waals surface area contributed by atoms with Gasteiger partial charge in [0.1, 0.15) is 0 Å². The Morgan fingerprint density at radius 1 is 1.44 bits per heavy atom. The molecule has 1 aliphatic rings. The van der Waals surface area contributed by atoms with E-state index >= 15 is 0 Å². The zero-order chi connectivity index (χ0) is 11.5. The normalized spacial score (nSPS) is 17.2. The van der Waals surface area contributed by atoms with E-state index in [9.17, 15) is 0 Å². The van der Waals surface area contributed by atoms with Gasteiger partial charge < -0.3 is 10.6 Å². The quantitative estimate of drug-likeness (QED) is 0.848. The molecule has 0 atom stereocenters. The third kappa shape index (κ3) is 2.45. The molecule has 0 aromatic heterocycles. The van der Waals surface area contributed by atoms with Gasteiger partial charge in [0.25, 0.3) is 0 Å². The van der Waals surface area contributed by atoms with Crippen LogP contribution in [0, 0.1) is 0 Å². The second-order valence-corrected chi connectivity index (χ2v) is 4.64. The molecule has 1 aromatic rings. The summed E-state index contributed by atoms with van der Waals surface area (Å²) >= 11 is 3.45. The van der Waals surface area contributed by atoms with Crippen LogP contribution >= 0.6 is 15.9 Å². The first-order chi connectivity index (χ1) is 7.70. The highest BCUT2D eigenvalue weighted by molar-refractivity contribution is 9.10. The SMILES string of the molecule is CON1CC=C(c2ccc(N)c(Br)c2)CC1. The molecular weight excluding hydrogens is 268 g/mol. The van der Waals surface area contributed by atoms with Gasteiger partial charge >= 0.3 is 0 Å². The number of nitrogens with zero attached hydrogens (tertiary/aromatic N) is 1. The molecule has 1 aromatic carbocycles. The number of benzene rings is 1. The van der Waals surface area contributed by atoms with E-state index in [1.807, 2.05) is 11.1 Å². The van der Waals surface area contributed by atoms with E-state index in [0.717, 1.165) is 29.7 Å². The number of anilines is 1. The summed E-state index contributed by atoms with van der Waals surface area (Å²) in [5.74, 6) is 0. The van der Waals surface area contributed by atoms with Crippen molar-refractivity contribution < 1.29 is 4.84 Å². The number of rotatable bonds is 2. The third-order valence-electron chi connectivity index (χ3n) is 2.80. The fourth-order valence-corrected chi connectivity index (χ4v) is 2.18. The summed E-state index contributed by atoms with van der Waals surface area (Å²) in [4.78, 5) is 5.18. The van der Waals surface area contributed by atoms with Crippen molar-refractivity contribution in [3.8, 4) is 0 Å². The minimum Gasteiger partial charge on any atom is -0.398 e. The van der Waals surface area contributed by atoms with Crippen LogP contribution in [-0.4, -0.2) is 25.3 Å². The van der Waals surface area contributed by atoms with Crippen LogP contribution in [0.3, 0.4) is 0 Å². The molecule has 0 bridgehead atoms. The average Bonchev–Trinajstić information content (AvgIpc) is 2.33. The summed E-state index contributed by atoms with van der Waals surface area (Å²) in [5, 5.41) is 1.94. The molecule has 86 valence electrons. The van der Waals surface area contributed by atoms with Crippen LogP contribution in [0.4, 0.5) is 5.69 Å². The summed E-state index contributed by atoms with van der Waals surface area (Å²) in [6.45, 7) is 1.78. The largest absolute Gasteiger partial charge is 0.398 e. The highest BCUT2D eigenvalue weighted by Crippen LogP contribution is 2.27. The molecule has 3 nitrogen and oxygen atoms in total. The summed E-state index contributed by atoms with van der Waals surface area (Å²) in [7, 11) is 1.71. The molecule has 1 heterocycles. The van der Waals surface area contributed by atoms with E-state index in [4.69, 9.17) is 10.6 Å². The monoisotopic (exact) mass is 282 g/mol. The van der Waals surface area contributed by atoms with Gasteiger partial charge in [-0.3, -0.25) is 0 Å². The standard InChI is InChI=1S/C12H15BrN2O/c1-16-15-6-4-9(5-7-15)10-2-3-12(14)11(13)8-10/h2-4,8H,5-7,14H2,1H3. The molecule has 0 saturated carbocycles. The fraction of sp³-hybridized carbons (Fsp3) is 0.333. The molecule has 1 aliphatic heterocycles. The van der Waals surface area contributed by atoms with E-state index in [0.29, 0.717) is 0 Å². The van der Waals surface area contributed by atoms with Crippen molar-refractivity contribution in [2.24, 2.45) is 0 Å². The van der Waals surface area contributed by atoms with Crippen molar-refractivity contribution in [2.45, 2.75) is 6.42 Å². The van der Waals surface area contributed by atoms with Crippen molar-refractivity contribution in [2.75, 3.05) is 25.9 Å². The van der Waals surface area contributed by atoms with Gasteiger partial charge in [-0.2, -0.15) is 5.06 Å². The van der Waals surface area contributed by atoms with Crippen molar-refractivity contribution in [1.82, 2.24) is 5.06 Å². The van der Waals surface area contributed by atoms with Crippen molar-refractivity contribution >= 4 is 27.2 Å². The summed E-state index contributed by atoms with van der Waals surface area (Å²) in [5.41, 5.74) is 9.13. The number of nitrogens with two attached hydrogens (primary N) is 1. The Morgan fingerprint density at radius 3 is 2.81 bits per heavy atom. The van der Waals surface area contributed by atoms with E-state index in [-0.39, 0.29) is 0 Å². The van der Waals surface area contributed by atoms with Crippen LogP contribution in [0.25, 0.3) is 5.57 Å². The van der Waals surface area contributed by atoms with Gasteiger partial charge in [0.15, 0.2) is 0 Å². The fourth-order valence-electron chi connectivity index (χ4n) is 1.81. The van der Waals surface area contributed by atoms with Crippen molar-refractivity contribution in [3.63, 3.8) is 0 Å². The zero-order valence-corrected chi connectivity index (χ0v) is 10.8. The van der Waals surface area contributed by atoms with Gasteiger partial charge in [-0.1, -0.05) is 12.1 Å². The van der Waals surface area contributed by atoms with Crippen molar-refractivity contribution in [3.05, 3.63) is 34.3 Å². The number of halogens is 1. The van der Waals surface area contributed by atoms with Crippen LogP contribution in [0.2, 0.25) is 0 Å². The Bertz CT molecular complexity index is 417. The molecule has 0 saturated heterocycles. The number of hydrogen-bond acceptors (Lipinski definition) is 3. The van der Waals surface area contributed by atoms with Gasteiger partial charge in [0.05, 0.1) is 7.11 Å². The first-order valence-corrected chi connectivity index (χ1v) is 6.03. The maximum Gasteiger partial charge on any atom is 0.0575 e. The van der Waals surface area contributed by atoms with Gasteiger partial charge in [0.2, 0.25) is 0 Å². The van der Waals surface area contributed by atoms with E-state index in [1.165, 1.54) is 11.1 Å². The first-order valence-electron chi connectivity index (χ1n) is 5.24. The predicted octanol–water partition coefficient (Wildman–Crippen LogP) is 2.68. The molecule has 0 amide bonds. The average molecular weight is 283 g/mol. The van der Waals surface area contributed by atoms with Crippen LogP contribution < -0.4 is 5.73 Å². The lowest BCUT2D eigenvalue weighted by Crippen LogP contribution is -2.27. The Hall–Kier alpha value is -0.840. The van der Waals surface area contributed by atoms with E-state index in [2.05, 4.69) is 34.1 Å². The first kappa shape index (κ1) is 11.6.